The van der Waals surface area contributed by atoms with Gasteiger partial charge >= 0.3 is 6.18 Å². The van der Waals surface area contributed by atoms with E-state index in [0.717, 1.165) is 12.3 Å². The van der Waals surface area contributed by atoms with E-state index in [4.69, 9.17) is 10.5 Å². The van der Waals surface area contributed by atoms with Crippen LogP contribution >= 0.6 is 0 Å². The summed E-state index contributed by atoms with van der Waals surface area (Å²) in [4.78, 5) is 3.72. The molecular weight excluding hydrogens is 245 g/mol. The zero-order valence-corrected chi connectivity index (χ0v) is 10.4. The first kappa shape index (κ1) is 14.9. The van der Waals surface area contributed by atoms with E-state index < -0.39 is 17.8 Å². The number of pyridine rings is 1. The fourth-order valence-electron chi connectivity index (χ4n) is 1.65. The Hall–Kier alpha value is -1.14. The maximum absolute atomic E-state index is 12.8. The molecule has 6 heteroatoms. The molecule has 0 aliphatic heterocycles. The first-order valence-corrected chi connectivity index (χ1v) is 5.65. The number of nitrogens with zero attached hydrogens (tertiary/aromatic N) is 1. The molecular formula is C12H17F3N2O. The summed E-state index contributed by atoms with van der Waals surface area (Å²) < 4.78 is 43.3. The highest BCUT2D eigenvalue weighted by Gasteiger charge is 2.34. The van der Waals surface area contributed by atoms with E-state index in [9.17, 15) is 13.2 Å². The van der Waals surface area contributed by atoms with Gasteiger partial charge in [-0.3, -0.25) is 4.98 Å². The van der Waals surface area contributed by atoms with Gasteiger partial charge in [-0.15, -0.1) is 0 Å². The second-order valence-corrected chi connectivity index (χ2v) is 4.19. The fraction of sp³-hybridized carbons (Fsp3) is 0.583. The van der Waals surface area contributed by atoms with Crippen molar-refractivity contribution in [1.82, 2.24) is 4.98 Å². The minimum Gasteiger partial charge on any atom is -0.382 e. The fourth-order valence-corrected chi connectivity index (χ4v) is 1.65. The van der Waals surface area contributed by atoms with Crippen LogP contribution in [-0.4, -0.2) is 18.2 Å². The third-order valence-electron chi connectivity index (χ3n) is 2.84. The van der Waals surface area contributed by atoms with Crippen molar-refractivity contribution in [2.45, 2.75) is 38.1 Å². The lowest BCUT2D eigenvalue weighted by Crippen LogP contribution is -2.19. The van der Waals surface area contributed by atoms with Crippen LogP contribution in [0.3, 0.4) is 0 Å². The molecule has 1 heterocycles. The molecule has 2 atom stereocenters. The van der Waals surface area contributed by atoms with Crippen molar-refractivity contribution in [1.29, 1.82) is 0 Å². The molecule has 102 valence electrons. The molecule has 0 aliphatic rings. The van der Waals surface area contributed by atoms with Crippen LogP contribution in [0.15, 0.2) is 18.5 Å². The highest BCUT2D eigenvalue weighted by atomic mass is 19.4. The number of nitrogens with two attached hydrogens (primary N) is 1. The van der Waals surface area contributed by atoms with E-state index in [0.29, 0.717) is 12.8 Å². The summed E-state index contributed by atoms with van der Waals surface area (Å²) in [5.41, 5.74) is 5.12. The SMILES string of the molecule is COC(C)CCC(N)c1cnccc1C(F)(F)F. The van der Waals surface area contributed by atoms with Crippen molar-refractivity contribution in [2.24, 2.45) is 5.73 Å². The summed E-state index contributed by atoms with van der Waals surface area (Å²) >= 11 is 0. The molecule has 18 heavy (non-hydrogen) atoms. The van der Waals surface area contributed by atoms with Crippen molar-refractivity contribution < 1.29 is 17.9 Å². The molecule has 1 rings (SSSR count). The number of aromatic nitrogens is 1. The van der Waals surface area contributed by atoms with Gasteiger partial charge in [-0.05, 0) is 31.4 Å². The third kappa shape index (κ3) is 3.96. The van der Waals surface area contributed by atoms with Gasteiger partial charge in [0, 0.05) is 25.5 Å². The van der Waals surface area contributed by atoms with Crippen LogP contribution in [-0.2, 0) is 10.9 Å². The van der Waals surface area contributed by atoms with Gasteiger partial charge in [0.15, 0.2) is 0 Å². The number of halogens is 3. The topological polar surface area (TPSA) is 48.1 Å². The third-order valence-corrected chi connectivity index (χ3v) is 2.84. The van der Waals surface area contributed by atoms with Crippen molar-refractivity contribution in [3.05, 3.63) is 29.6 Å². The molecule has 0 fully saturated rings. The molecule has 0 aromatic carbocycles. The second-order valence-electron chi connectivity index (χ2n) is 4.19. The van der Waals surface area contributed by atoms with E-state index in [1.54, 1.807) is 7.11 Å². The van der Waals surface area contributed by atoms with Gasteiger partial charge in [-0.2, -0.15) is 13.2 Å². The standard InChI is InChI=1S/C12H17F3N2O/c1-8(18-2)3-4-11(16)9-7-17-6-5-10(9)12(13,14)15/h5-8,11H,3-4,16H2,1-2H3. The number of alkyl halides is 3. The van der Waals surface area contributed by atoms with E-state index in [1.165, 1.54) is 6.20 Å². The lowest BCUT2D eigenvalue weighted by atomic mass is 9.98. The van der Waals surface area contributed by atoms with Crippen LogP contribution in [0, 0.1) is 0 Å². The van der Waals surface area contributed by atoms with Gasteiger partial charge in [-0.25, -0.2) is 0 Å². The summed E-state index contributed by atoms with van der Waals surface area (Å²) in [5, 5.41) is 0. The second kappa shape index (κ2) is 6.15. The zero-order valence-electron chi connectivity index (χ0n) is 10.4. The van der Waals surface area contributed by atoms with E-state index >= 15 is 0 Å². The molecule has 3 nitrogen and oxygen atoms in total. The summed E-state index contributed by atoms with van der Waals surface area (Å²) in [7, 11) is 1.56. The van der Waals surface area contributed by atoms with Crippen molar-refractivity contribution in [3.8, 4) is 0 Å². The minimum atomic E-state index is -4.40. The number of ether oxygens (including phenoxy) is 1. The highest BCUT2D eigenvalue weighted by molar-refractivity contribution is 5.28. The summed E-state index contributed by atoms with van der Waals surface area (Å²) in [6, 6.07) is 0.266. The Morgan fingerprint density at radius 2 is 2.06 bits per heavy atom. The number of hydrogen-bond acceptors (Lipinski definition) is 3. The summed E-state index contributed by atoms with van der Waals surface area (Å²) in [6.07, 6.45) is -1.10. The Balaban J connectivity index is 2.82. The van der Waals surface area contributed by atoms with Crippen molar-refractivity contribution >= 4 is 0 Å². The molecule has 2 unspecified atom stereocenters. The minimum absolute atomic E-state index is 0.0259. The Morgan fingerprint density at radius 1 is 1.39 bits per heavy atom. The molecule has 0 amide bonds. The summed E-state index contributed by atoms with van der Waals surface area (Å²) in [5.74, 6) is 0. The van der Waals surface area contributed by atoms with Gasteiger partial charge in [0.2, 0.25) is 0 Å². The predicted molar refractivity (Wildman–Crippen MR) is 61.9 cm³/mol. The predicted octanol–water partition coefficient (Wildman–Crippen LogP) is 2.92. The molecule has 0 spiro atoms. The molecule has 0 saturated carbocycles. The van der Waals surface area contributed by atoms with Crippen LogP contribution in [0.1, 0.15) is 36.9 Å². The Kier molecular flexibility index (Phi) is 5.10. The molecule has 0 radical (unpaired) electrons. The van der Waals surface area contributed by atoms with E-state index in [1.807, 2.05) is 6.92 Å². The molecule has 2 N–H and O–H groups in total. The van der Waals surface area contributed by atoms with Crippen LogP contribution < -0.4 is 5.73 Å². The normalized spacial score (nSPS) is 15.4. The molecule has 1 aromatic heterocycles. The van der Waals surface area contributed by atoms with Crippen LogP contribution in [0.2, 0.25) is 0 Å². The average Bonchev–Trinajstić information content (AvgIpc) is 2.34. The maximum Gasteiger partial charge on any atom is 0.416 e. The van der Waals surface area contributed by atoms with Crippen LogP contribution in [0.4, 0.5) is 13.2 Å². The van der Waals surface area contributed by atoms with Crippen molar-refractivity contribution in [2.75, 3.05) is 7.11 Å². The quantitative estimate of drug-likeness (QED) is 0.887. The zero-order chi connectivity index (χ0) is 13.8. The largest absolute Gasteiger partial charge is 0.416 e. The average molecular weight is 262 g/mol. The Labute approximate surface area is 104 Å². The monoisotopic (exact) mass is 262 g/mol. The number of hydrogen-bond donors (Lipinski definition) is 1. The number of methoxy groups -OCH3 is 1. The smallest absolute Gasteiger partial charge is 0.382 e. The number of rotatable bonds is 5. The van der Waals surface area contributed by atoms with Crippen molar-refractivity contribution in [3.63, 3.8) is 0 Å². The Morgan fingerprint density at radius 3 is 2.61 bits per heavy atom. The molecule has 0 saturated heterocycles. The molecule has 1 aromatic rings. The van der Waals surface area contributed by atoms with Crippen LogP contribution in [0.25, 0.3) is 0 Å². The Bertz CT molecular complexity index is 382. The first-order valence-electron chi connectivity index (χ1n) is 5.65. The molecule has 0 bridgehead atoms. The van der Waals surface area contributed by atoms with Gasteiger partial charge in [0.1, 0.15) is 0 Å². The van der Waals surface area contributed by atoms with Gasteiger partial charge in [0.05, 0.1) is 11.7 Å². The van der Waals surface area contributed by atoms with Gasteiger partial charge in [-0.1, -0.05) is 0 Å². The highest BCUT2D eigenvalue weighted by Crippen LogP contribution is 2.34. The lowest BCUT2D eigenvalue weighted by molar-refractivity contribution is -0.138. The van der Waals surface area contributed by atoms with Gasteiger partial charge in [0.25, 0.3) is 0 Å². The van der Waals surface area contributed by atoms with E-state index in [-0.39, 0.29) is 11.7 Å². The molecule has 0 aliphatic carbocycles. The maximum atomic E-state index is 12.8. The van der Waals surface area contributed by atoms with Crippen LogP contribution in [0.5, 0.6) is 0 Å². The first-order chi connectivity index (χ1) is 8.36. The lowest BCUT2D eigenvalue weighted by Gasteiger charge is -2.19. The van der Waals surface area contributed by atoms with E-state index in [2.05, 4.69) is 4.98 Å². The van der Waals surface area contributed by atoms with Gasteiger partial charge < -0.3 is 10.5 Å². The summed E-state index contributed by atoms with van der Waals surface area (Å²) in [6.45, 7) is 1.85.